The maximum absolute atomic E-state index is 12.7. The first-order valence-electron chi connectivity index (χ1n) is 8.13. The van der Waals surface area contributed by atoms with Crippen molar-refractivity contribution in [3.63, 3.8) is 0 Å². The minimum Gasteiger partial charge on any atom is -0.322 e. The molecule has 3 heterocycles. The van der Waals surface area contributed by atoms with Crippen molar-refractivity contribution >= 4 is 17.4 Å². The third kappa shape index (κ3) is 2.79. The summed E-state index contributed by atoms with van der Waals surface area (Å²) in [6, 6.07) is 11.3. The van der Waals surface area contributed by atoms with Gasteiger partial charge in [-0.2, -0.15) is 4.98 Å². The van der Waals surface area contributed by atoms with Gasteiger partial charge in [0.25, 0.3) is 11.7 Å². The fourth-order valence-electron chi connectivity index (χ4n) is 2.69. The number of nitrogens with zero attached hydrogens (tertiary/aromatic N) is 5. The molecular formula is C19H16N6O. The molecule has 0 aliphatic rings. The number of amides is 1. The molecule has 1 amide bonds. The van der Waals surface area contributed by atoms with Crippen molar-refractivity contribution in [1.29, 1.82) is 0 Å². The second kappa shape index (κ2) is 6.36. The molecule has 1 N–H and O–H groups in total. The van der Waals surface area contributed by atoms with Gasteiger partial charge >= 0.3 is 0 Å². The van der Waals surface area contributed by atoms with Crippen molar-refractivity contribution in [1.82, 2.24) is 24.6 Å². The first kappa shape index (κ1) is 15.9. The average Bonchev–Trinajstić information content (AvgIpc) is 3.10. The first-order valence-corrected chi connectivity index (χ1v) is 8.13. The van der Waals surface area contributed by atoms with Crippen molar-refractivity contribution < 1.29 is 4.79 Å². The summed E-state index contributed by atoms with van der Waals surface area (Å²) in [6.45, 7) is 3.77. The molecule has 0 atom stereocenters. The lowest BCUT2D eigenvalue weighted by atomic mass is 10.2. The Labute approximate surface area is 149 Å². The minimum absolute atomic E-state index is 0.229. The number of pyridine rings is 1. The Hall–Kier alpha value is -3.61. The highest BCUT2D eigenvalue weighted by Crippen LogP contribution is 2.18. The van der Waals surface area contributed by atoms with Gasteiger partial charge in [0.1, 0.15) is 0 Å². The van der Waals surface area contributed by atoms with Gasteiger partial charge in [-0.3, -0.25) is 9.78 Å². The summed E-state index contributed by atoms with van der Waals surface area (Å²) in [4.78, 5) is 25.4. The SMILES string of the molecule is Cc1ccccc1NC(=O)c1cnc2nc(-c3ccncc3)nn2c1C. The van der Waals surface area contributed by atoms with E-state index in [1.54, 1.807) is 16.9 Å². The Kier molecular flexibility index (Phi) is 3.89. The maximum Gasteiger partial charge on any atom is 0.259 e. The van der Waals surface area contributed by atoms with Gasteiger partial charge in [-0.1, -0.05) is 18.2 Å². The average molecular weight is 344 g/mol. The Morgan fingerprint density at radius 3 is 2.62 bits per heavy atom. The number of fused-ring (bicyclic) bond motifs is 1. The van der Waals surface area contributed by atoms with Crippen LogP contribution in [0.5, 0.6) is 0 Å². The summed E-state index contributed by atoms with van der Waals surface area (Å²) in [5.74, 6) is 0.758. The largest absolute Gasteiger partial charge is 0.322 e. The van der Waals surface area contributed by atoms with Gasteiger partial charge in [-0.05, 0) is 37.6 Å². The van der Waals surface area contributed by atoms with Gasteiger partial charge in [0.15, 0.2) is 5.82 Å². The van der Waals surface area contributed by atoms with E-state index in [0.717, 1.165) is 16.8 Å². The van der Waals surface area contributed by atoms with Crippen LogP contribution in [0.25, 0.3) is 17.2 Å². The number of para-hydroxylation sites is 1. The quantitative estimate of drug-likeness (QED) is 0.617. The van der Waals surface area contributed by atoms with Crippen LogP contribution in [-0.2, 0) is 0 Å². The van der Waals surface area contributed by atoms with Gasteiger partial charge in [-0.15, -0.1) is 5.10 Å². The van der Waals surface area contributed by atoms with Crippen LogP contribution in [0, 0.1) is 13.8 Å². The first-order chi connectivity index (χ1) is 12.6. The van der Waals surface area contributed by atoms with E-state index >= 15 is 0 Å². The molecule has 7 heteroatoms. The zero-order valence-corrected chi connectivity index (χ0v) is 14.3. The molecular weight excluding hydrogens is 328 g/mol. The van der Waals surface area contributed by atoms with Crippen molar-refractivity contribution in [3.05, 3.63) is 71.8 Å². The van der Waals surface area contributed by atoms with E-state index < -0.39 is 0 Å². The van der Waals surface area contributed by atoms with Crippen LogP contribution in [0.2, 0.25) is 0 Å². The number of anilines is 1. The molecule has 0 saturated heterocycles. The number of hydrogen-bond donors (Lipinski definition) is 1. The minimum atomic E-state index is -0.229. The molecule has 7 nitrogen and oxygen atoms in total. The smallest absolute Gasteiger partial charge is 0.259 e. The van der Waals surface area contributed by atoms with Gasteiger partial charge in [0.05, 0.1) is 11.3 Å². The molecule has 0 aliphatic carbocycles. The highest BCUT2D eigenvalue weighted by atomic mass is 16.1. The second-order valence-electron chi connectivity index (χ2n) is 5.91. The molecule has 26 heavy (non-hydrogen) atoms. The number of hydrogen-bond acceptors (Lipinski definition) is 5. The molecule has 4 rings (SSSR count). The number of rotatable bonds is 3. The summed E-state index contributed by atoms with van der Waals surface area (Å²) >= 11 is 0. The number of nitrogens with one attached hydrogen (secondary N) is 1. The highest BCUT2D eigenvalue weighted by molar-refractivity contribution is 6.05. The highest BCUT2D eigenvalue weighted by Gasteiger charge is 2.16. The van der Waals surface area contributed by atoms with Gasteiger partial charge in [0, 0.05) is 29.8 Å². The van der Waals surface area contributed by atoms with Crippen LogP contribution in [0.3, 0.4) is 0 Å². The third-order valence-corrected chi connectivity index (χ3v) is 4.18. The molecule has 0 spiro atoms. The summed E-state index contributed by atoms with van der Waals surface area (Å²) in [5.41, 5.74) is 3.73. The summed E-state index contributed by atoms with van der Waals surface area (Å²) < 4.78 is 1.59. The molecule has 0 saturated carbocycles. The zero-order chi connectivity index (χ0) is 18.1. The van der Waals surface area contributed by atoms with E-state index in [1.165, 1.54) is 6.20 Å². The van der Waals surface area contributed by atoms with Crippen LogP contribution in [0.1, 0.15) is 21.6 Å². The van der Waals surface area contributed by atoms with E-state index in [2.05, 4.69) is 25.4 Å². The number of aryl methyl sites for hydroxylation is 2. The van der Waals surface area contributed by atoms with Crippen molar-refractivity contribution in [2.45, 2.75) is 13.8 Å². The van der Waals surface area contributed by atoms with E-state index in [9.17, 15) is 4.79 Å². The van der Waals surface area contributed by atoms with Crippen molar-refractivity contribution in [2.75, 3.05) is 5.32 Å². The van der Waals surface area contributed by atoms with Crippen LogP contribution < -0.4 is 5.32 Å². The molecule has 0 unspecified atom stereocenters. The lowest BCUT2D eigenvalue weighted by Crippen LogP contribution is -2.16. The van der Waals surface area contributed by atoms with Crippen LogP contribution in [0.15, 0.2) is 55.0 Å². The van der Waals surface area contributed by atoms with Gasteiger partial charge in [0.2, 0.25) is 0 Å². The summed E-state index contributed by atoms with van der Waals surface area (Å²) in [5, 5.41) is 7.41. The Bertz CT molecular complexity index is 1100. The Morgan fingerprint density at radius 1 is 1.08 bits per heavy atom. The topological polar surface area (TPSA) is 85.1 Å². The fraction of sp³-hybridized carbons (Fsp3) is 0.105. The Morgan fingerprint density at radius 2 is 1.85 bits per heavy atom. The van der Waals surface area contributed by atoms with Crippen LogP contribution in [-0.4, -0.2) is 30.5 Å². The van der Waals surface area contributed by atoms with Crippen molar-refractivity contribution in [3.8, 4) is 11.4 Å². The van der Waals surface area contributed by atoms with E-state index in [1.807, 2.05) is 50.2 Å². The number of carbonyl (C=O) groups excluding carboxylic acids is 1. The molecule has 0 fully saturated rings. The lowest BCUT2D eigenvalue weighted by Gasteiger charge is -2.09. The molecule has 1 aromatic carbocycles. The fourth-order valence-corrected chi connectivity index (χ4v) is 2.69. The van der Waals surface area contributed by atoms with Crippen LogP contribution in [0.4, 0.5) is 5.69 Å². The van der Waals surface area contributed by atoms with E-state index in [4.69, 9.17) is 0 Å². The predicted octanol–water partition coefficient (Wildman–Crippen LogP) is 3.06. The second-order valence-corrected chi connectivity index (χ2v) is 5.91. The monoisotopic (exact) mass is 344 g/mol. The van der Waals surface area contributed by atoms with E-state index in [0.29, 0.717) is 22.9 Å². The molecule has 0 aliphatic heterocycles. The van der Waals surface area contributed by atoms with Crippen molar-refractivity contribution in [2.24, 2.45) is 0 Å². The molecule has 3 aromatic heterocycles. The van der Waals surface area contributed by atoms with Crippen LogP contribution >= 0.6 is 0 Å². The molecule has 0 radical (unpaired) electrons. The van der Waals surface area contributed by atoms with E-state index in [-0.39, 0.29) is 5.91 Å². The number of carbonyl (C=O) groups is 1. The molecule has 4 aromatic rings. The molecule has 0 bridgehead atoms. The maximum atomic E-state index is 12.7. The van der Waals surface area contributed by atoms with Gasteiger partial charge in [-0.25, -0.2) is 9.50 Å². The predicted molar refractivity (Wildman–Crippen MR) is 97.9 cm³/mol. The summed E-state index contributed by atoms with van der Waals surface area (Å²) in [7, 11) is 0. The van der Waals surface area contributed by atoms with Gasteiger partial charge < -0.3 is 5.32 Å². The third-order valence-electron chi connectivity index (χ3n) is 4.18. The Balaban J connectivity index is 1.71. The number of aromatic nitrogens is 5. The standard InChI is InChI=1S/C19H16N6O/c1-12-5-3-4-6-16(12)22-18(26)15-11-21-19-23-17(24-25(19)13(15)2)14-7-9-20-10-8-14/h3-11H,1-2H3,(H,22,26). The lowest BCUT2D eigenvalue weighted by molar-refractivity contribution is 0.102. The number of benzene rings is 1. The molecule has 128 valence electrons. The normalized spacial score (nSPS) is 10.8. The summed E-state index contributed by atoms with van der Waals surface area (Å²) in [6.07, 6.45) is 4.90. The zero-order valence-electron chi connectivity index (χ0n) is 14.3.